The van der Waals surface area contributed by atoms with E-state index in [1.807, 2.05) is 0 Å². The molecule has 0 aliphatic rings. The number of aliphatic hydroxyl groups excluding tert-OH is 1. The highest BCUT2D eigenvalue weighted by molar-refractivity contribution is 5.95. The summed E-state index contributed by atoms with van der Waals surface area (Å²) in [7, 11) is 0. The molecule has 82 valence electrons. The van der Waals surface area contributed by atoms with Gasteiger partial charge in [0, 0.05) is 5.39 Å². The highest BCUT2D eigenvalue weighted by atomic mass is 16.6. The molecule has 6 nitrogen and oxygen atoms in total. The molecule has 0 radical (unpaired) electrons. The first-order chi connectivity index (χ1) is 7.74. The van der Waals surface area contributed by atoms with Crippen LogP contribution in [0.2, 0.25) is 0 Å². The predicted octanol–water partition coefficient (Wildman–Crippen LogP) is 1.50. The number of benzene rings is 1. The third-order valence-corrected chi connectivity index (χ3v) is 2.21. The largest absolute Gasteiger partial charge is 0.377 e. The van der Waals surface area contributed by atoms with E-state index < -0.39 is 4.92 Å². The van der Waals surface area contributed by atoms with E-state index in [9.17, 15) is 10.1 Å². The first-order valence-electron chi connectivity index (χ1n) is 4.61. The van der Waals surface area contributed by atoms with Gasteiger partial charge in [0.1, 0.15) is 18.6 Å². The monoisotopic (exact) mass is 219 g/mol. The van der Waals surface area contributed by atoms with Crippen molar-refractivity contribution in [1.29, 1.82) is 0 Å². The lowest BCUT2D eigenvalue weighted by Crippen LogP contribution is -2.04. The average Bonchev–Trinajstić information content (AvgIpc) is 2.29. The minimum Gasteiger partial charge on any atom is -0.377 e. The summed E-state index contributed by atoms with van der Waals surface area (Å²) in [5.41, 5.74) is 0.787. The zero-order valence-corrected chi connectivity index (χ0v) is 8.25. The first-order valence-corrected chi connectivity index (χ1v) is 4.61. The van der Waals surface area contributed by atoms with Crippen molar-refractivity contribution in [3.05, 3.63) is 40.6 Å². The molecule has 6 heteroatoms. The van der Waals surface area contributed by atoms with Crippen LogP contribution in [-0.4, -0.2) is 21.7 Å². The minimum atomic E-state index is -0.530. The van der Waals surface area contributed by atoms with Gasteiger partial charge in [-0.25, -0.2) is 4.98 Å². The van der Waals surface area contributed by atoms with Gasteiger partial charge in [0.2, 0.25) is 0 Å². The lowest BCUT2D eigenvalue weighted by molar-refractivity contribution is -0.384. The van der Waals surface area contributed by atoms with Gasteiger partial charge in [0.05, 0.1) is 10.4 Å². The van der Waals surface area contributed by atoms with Crippen LogP contribution in [0.1, 0.15) is 0 Å². The molecule has 0 amide bonds. The van der Waals surface area contributed by atoms with Crippen molar-refractivity contribution in [2.45, 2.75) is 0 Å². The van der Waals surface area contributed by atoms with E-state index in [0.717, 1.165) is 0 Å². The van der Waals surface area contributed by atoms with Crippen molar-refractivity contribution in [2.75, 3.05) is 12.0 Å². The number of nitrogens with zero attached hydrogens (tertiary/aromatic N) is 2. The molecule has 1 aromatic carbocycles. The smallest absolute Gasteiger partial charge is 0.311 e. The topological polar surface area (TPSA) is 88.3 Å². The first kappa shape index (κ1) is 10.3. The van der Waals surface area contributed by atoms with Crippen molar-refractivity contribution >= 4 is 22.3 Å². The fourth-order valence-electron chi connectivity index (χ4n) is 1.53. The molecular weight excluding hydrogens is 210 g/mol. The summed E-state index contributed by atoms with van der Waals surface area (Å²) in [6.07, 6.45) is 1.18. The van der Waals surface area contributed by atoms with Crippen molar-refractivity contribution in [2.24, 2.45) is 0 Å². The summed E-state index contributed by atoms with van der Waals surface area (Å²) < 4.78 is 0. The van der Waals surface area contributed by atoms with Crippen LogP contribution in [0.3, 0.4) is 0 Å². The Morgan fingerprint density at radius 3 is 2.88 bits per heavy atom. The average molecular weight is 219 g/mol. The predicted molar refractivity (Wildman–Crippen MR) is 59.1 cm³/mol. The number of para-hydroxylation sites is 1. The highest BCUT2D eigenvalue weighted by Crippen LogP contribution is 2.30. The number of aromatic nitrogens is 1. The molecule has 0 unspecified atom stereocenters. The second-order valence-electron chi connectivity index (χ2n) is 3.13. The van der Waals surface area contributed by atoms with Crippen LogP contribution in [0.4, 0.5) is 11.4 Å². The molecule has 1 aromatic heterocycles. The summed E-state index contributed by atoms with van der Waals surface area (Å²) in [5.74, 6) is 0. The maximum atomic E-state index is 10.8. The number of fused-ring (bicyclic) bond motifs is 1. The Bertz CT molecular complexity index is 542. The second kappa shape index (κ2) is 4.11. The highest BCUT2D eigenvalue weighted by Gasteiger charge is 2.16. The molecule has 0 aliphatic heterocycles. The SMILES string of the molecule is O=[N+]([O-])c1cnc2ccccc2c1NCO. The Morgan fingerprint density at radius 1 is 1.44 bits per heavy atom. The zero-order valence-electron chi connectivity index (χ0n) is 8.25. The molecular formula is C10H9N3O3. The number of anilines is 1. The van der Waals surface area contributed by atoms with E-state index in [0.29, 0.717) is 10.9 Å². The van der Waals surface area contributed by atoms with Gasteiger partial charge in [-0.05, 0) is 6.07 Å². The number of hydrogen-bond acceptors (Lipinski definition) is 5. The number of pyridine rings is 1. The quantitative estimate of drug-likeness (QED) is 0.464. The maximum absolute atomic E-state index is 10.8. The molecule has 2 rings (SSSR count). The summed E-state index contributed by atoms with van der Waals surface area (Å²) >= 11 is 0. The Labute approximate surface area is 90.7 Å². The Kier molecular flexibility index (Phi) is 2.65. The Morgan fingerprint density at radius 2 is 2.19 bits per heavy atom. The van der Waals surface area contributed by atoms with Crippen molar-refractivity contribution in [3.8, 4) is 0 Å². The van der Waals surface area contributed by atoms with Crippen LogP contribution in [-0.2, 0) is 0 Å². The van der Waals surface area contributed by atoms with Crippen molar-refractivity contribution < 1.29 is 10.0 Å². The molecule has 1 heterocycles. The number of nitrogens with one attached hydrogen (secondary N) is 1. The third-order valence-electron chi connectivity index (χ3n) is 2.21. The van der Waals surface area contributed by atoms with Crippen molar-refractivity contribution in [1.82, 2.24) is 4.98 Å². The zero-order chi connectivity index (χ0) is 11.5. The minimum absolute atomic E-state index is 0.146. The van der Waals surface area contributed by atoms with E-state index in [-0.39, 0.29) is 18.1 Å². The second-order valence-corrected chi connectivity index (χ2v) is 3.13. The number of aliphatic hydroxyl groups is 1. The molecule has 0 fully saturated rings. The maximum Gasteiger partial charge on any atom is 0.311 e. The van der Waals surface area contributed by atoms with Gasteiger partial charge in [0.15, 0.2) is 0 Å². The van der Waals surface area contributed by atoms with Gasteiger partial charge < -0.3 is 10.4 Å². The van der Waals surface area contributed by atoms with Gasteiger partial charge in [-0.1, -0.05) is 18.2 Å². The molecule has 0 saturated carbocycles. The standard InChI is InChI=1S/C10H9N3O3/c14-6-12-10-7-3-1-2-4-8(7)11-5-9(10)13(15)16/h1-5,14H,6H2,(H,11,12). The van der Waals surface area contributed by atoms with E-state index in [1.54, 1.807) is 24.3 Å². The third kappa shape index (κ3) is 1.66. The van der Waals surface area contributed by atoms with E-state index in [4.69, 9.17) is 5.11 Å². The summed E-state index contributed by atoms with van der Waals surface area (Å²) in [4.78, 5) is 14.2. The van der Waals surface area contributed by atoms with E-state index >= 15 is 0 Å². The lowest BCUT2D eigenvalue weighted by atomic mass is 10.1. The summed E-state index contributed by atoms with van der Waals surface area (Å²) in [6, 6.07) is 7.02. The van der Waals surface area contributed by atoms with E-state index in [1.165, 1.54) is 6.20 Å². The van der Waals surface area contributed by atoms with Gasteiger partial charge in [-0.15, -0.1) is 0 Å². The number of nitro groups is 1. The van der Waals surface area contributed by atoms with Crippen LogP contribution in [0.5, 0.6) is 0 Å². The van der Waals surface area contributed by atoms with Crippen LogP contribution < -0.4 is 5.32 Å². The molecule has 0 spiro atoms. The van der Waals surface area contributed by atoms with Crippen molar-refractivity contribution in [3.63, 3.8) is 0 Å². The normalized spacial score (nSPS) is 10.3. The Hall–Kier alpha value is -2.21. The fraction of sp³-hybridized carbons (Fsp3) is 0.100. The van der Waals surface area contributed by atoms with E-state index in [2.05, 4.69) is 10.3 Å². The summed E-state index contributed by atoms with van der Waals surface area (Å²) in [5, 5.41) is 22.8. The molecule has 0 bridgehead atoms. The van der Waals surface area contributed by atoms with Gasteiger partial charge in [-0.2, -0.15) is 0 Å². The van der Waals surface area contributed by atoms with Crippen LogP contribution >= 0.6 is 0 Å². The van der Waals surface area contributed by atoms with Crippen LogP contribution in [0.15, 0.2) is 30.5 Å². The van der Waals surface area contributed by atoms with Crippen LogP contribution in [0, 0.1) is 10.1 Å². The Balaban J connectivity index is 2.73. The van der Waals surface area contributed by atoms with Gasteiger partial charge in [-0.3, -0.25) is 10.1 Å². The fourth-order valence-corrected chi connectivity index (χ4v) is 1.53. The molecule has 2 aromatic rings. The number of rotatable bonds is 3. The molecule has 16 heavy (non-hydrogen) atoms. The molecule has 2 N–H and O–H groups in total. The molecule has 0 saturated heterocycles. The molecule has 0 atom stereocenters. The summed E-state index contributed by atoms with van der Waals surface area (Å²) in [6.45, 7) is -0.366. The number of hydrogen-bond donors (Lipinski definition) is 2. The molecule has 0 aliphatic carbocycles. The van der Waals surface area contributed by atoms with Gasteiger partial charge >= 0.3 is 5.69 Å². The lowest BCUT2D eigenvalue weighted by Gasteiger charge is -2.07. The van der Waals surface area contributed by atoms with Crippen LogP contribution in [0.25, 0.3) is 10.9 Å². The van der Waals surface area contributed by atoms with Gasteiger partial charge in [0.25, 0.3) is 0 Å².